The molecule has 9 rings (SSSR count). The second kappa shape index (κ2) is 11.8. The molecule has 2 aliphatic heterocycles. The molecule has 3 N–H and O–H groups in total. The normalized spacial score (nSPS) is 12.0. The number of phenolic OH excluding ortho intramolecular Hbond substituents is 1. The van der Waals surface area contributed by atoms with Crippen molar-refractivity contribution in [3.8, 4) is 50.3 Å². The van der Waals surface area contributed by atoms with Crippen molar-refractivity contribution in [1.29, 1.82) is 0 Å². The molecule has 0 fully saturated rings. The molecule has 0 atom stereocenters. The number of H-pyrrole nitrogens is 2. The summed E-state index contributed by atoms with van der Waals surface area (Å²) in [6.45, 7) is 0. The lowest BCUT2D eigenvalue weighted by Crippen LogP contribution is -1.89. The second-order valence-electron chi connectivity index (χ2n) is 12.1. The SMILES string of the molecule is Oc1ccc(-c2c3nc(c(-c4ccccc4)c4ccc([nH]4)c(-c4ccccc4)c4nc(c(-c5ccccc5)c5ccc2[nH]5)C=C4)C=C3)cc1. The third-order valence-electron chi connectivity index (χ3n) is 9.10. The van der Waals surface area contributed by atoms with Crippen molar-refractivity contribution in [2.45, 2.75) is 0 Å². The molecular formula is C44H30N4O. The van der Waals surface area contributed by atoms with E-state index < -0.39 is 0 Å². The summed E-state index contributed by atoms with van der Waals surface area (Å²) in [6.07, 6.45) is 8.40. The van der Waals surface area contributed by atoms with Gasteiger partial charge in [-0.3, -0.25) is 0 Å². The van der Waals surface area contributed by atoms with Gasteiger partial charge in [0.15, 0.2) is 0 Å². The van der Waals surface area contributed by atoms with Crippen molar-refractivity contribution in [2.75, 3.05) is 0 Å². The third-order valence-corrected chi connectivity index (χ3v) is 9.10. The van der Waals surface area contributed by atoms with Crippen LogP contribution in [0.25, 0.3) is 90.9 Å². The topological polar surface area (TPSA) is 77.6 Å². The first-order chi connectivity index (χ1) is 24.2. The Balaban J connectivity index is 1.48. The zero-order valence-corrected chi connectivity index (χ0v) is 26.4. The van der Waals surface area contributed by atoms with Gasteiger partial charge >= 0.3 is 0 Å². The number of aromatic amines is 2. The Labute approximate surface area is 283 Å². The van der Waals surface area contributed by atoms with E-state index in [1.165, 1.54) is 0 Å². The van der Waals surface area contributed by atoms with Crippen molar-refractivity contribution >= 4 is 46.4 Å². The molecule has 0 spiro atoms. The van der Waals surface area contributed by atoms with Crippen LogP contribution in [-0.2, 0) is 0 Å². The second-order valence-corrected chi connectivity index (χ2v) is 12.1. The van der Waals surface area contributed by atoms with Crippen LogP contribution in [-0.4, -0.2) is 25.0 Å². The molecule has 0 amide bonds. The molecule has 8 bridgehead atoms. The number of aromatic hydroxyl groups is 1. The summed E-state index contributed by atoms with van der Waals surface area (Å²) in [5, 5.41) is 10.2. The van der Waals surface area contributed by atoms with Crippen LogP contribution in [0.3, 0.4) is 0 Å². The van der Waals surface area contributed by atoms with Crippen LogP contribution in [0.5, 0.6) is 5.75 Å². The molecule has 2 aliphatic rings. The Morgan fingerprint density at radius 2 is 0.612 bits per heavy atom. The highest BCUT2D eigenvalue weighted by Crippen LogP contribution is 2.38. The van der Waals surface area contributed by atoms with Crippen LogP contribution < -0.4 is 0 Å². The summed E-state index contributed by atoms with van der Waals surface area (Å²) >= 11 is 0. The number of nitrogens with zero attached hydrogens (tertiary/aromatic N) is 2. The van der Waals surface area contributed by atoms with E-state index in [1.54, 1.807) is 12.1 Å². The first-order valence-corrected chi connectivity index (χ1v) is 16.3. The fraction of sp³-hybridized carbons (Fsp3) is 0. The molecule has 4 aromatic carbocycles. The maximum Gasteiger partial charge on any atom is 0.115 e. The Hall–Kier alpha value is -6.72. The zero-order chi connectivity index (χ0) is 32.7. The Kier molecular flexibility index (Phi) is 6.87. The van der Waals surface area contributed by atoms with E-state index >= 15 is 0 Å². The maximum absolute atomic E-state index is 10.2. The standard InChI is InChI=1S/C44H30N4O/c49-32-18-16-31(17-19-32)44-39-26-24-37(47-39)42(29-12-6-2-7-13-29)35-22-20-33(45-35)41(28-10-4-1-5-11-28)34-21-23-36(46-34)43(30-14-8-3-9-15-30)38-25-27-40(44)48-38/h1-27,45,48-49H. The van der Waals surface area contributed by atoms with Gasteiger partial charge in [-0.2, -0.15) is 0 Å². The first-order valence-electron chi connectivity index (χ1n) is 16.3. The number of nitrogens with one attached hydrogen (secondary N) is 2. The van der Waals surface area contributed by atoms with Gasteiger partial charge < -0.3 is 15.1 Å². The van der Waals surface area contributed by atoms with Gasteiger partial charge in [0.2, 0.25) is 0 Å². The van der Waals surface area contributed by atoms with Crippen molar-refractivity contribution in [3.05, 3.63) is 162 Å². The highest BCUT2D eigenvalue weighted by atomic mass is 16.3. The lowest BCUT2D eigenvalue weighted by Gasteiger charge is -2.07. The Bertz CT molecular complexity index is 2540. The number of rotatable bonds is 4. The zero-order valence-electron chi connectivity index (χ0n) is 26.4. The molecule has 5 heterocycles. The molecular weight excluding hydrogens is 601 g/mol. The van der Waals surface area contributed by atoms with E-state index in [2.05, 4.69) is 131 Å². The minimum absolute atomic E-state index is 0.215. The third kappa shape index (κ3) is 5.14. The summed E-state index contributed by atoms with van der Waals surface area (Å²) in [5.41, 5.74) is 15.3. The van der Waals surface area contributed by atoms with Gasteiger partial charge in [0.05, 0.1) is 22.8 Å². The molecule has 5 nitrogen and oxygen atoms in total. The quantitative estimate of drug-likeness (QED) is 0.181. The number of hydrogen-bond acceptors (Lipinski definition) is 3. The van der Waals surface area contributed by atoms with Crippen LogP contribution in [0.4, 0.5) is 0 Å². The van der Waals surface area contributed by atoms with Crippen molar-refractivity contribution in [2.24, 2.45) is 0 Å². The maximum atomic E-state index is 10.2. The average Bonchev–Trinajstić information content (AvgIpc) is 3.98. The Morgan fingerprint density at radius 3 is 0.918 bits per heavy atom. The van der Waals surface area contributed by atoms with Crippen LogP contribution in [0.2, 0.25) is 0 Å². The van der Waals surface area contributed by atoms with Gasteiger partial charge in [-0.25, -0.2) is 9.97 Å². The Morgan fingerprint density at radius 1 is 0.327 bits per heavy atom. The molecule has 0 saturated carbocycles. The minimum atomic E-state index is 0.215. The van der Waals surface area contributed by atoms with Gasteiger partial charge in [0.25, 0.3) is 0 Å². The van der Waals surface area contributed by atoms with E-state index in [0.29, 0.717) is 0 Å². The molecule has 49 heavy (non-hydrogen) atoms. The minimum Gasteiger partial charge on any atom is -0.508 e. The number of aromatic nitrogens is 4. The van der Waals surface area contributed by atoms with Gasteiger partial charge in [-0.1, -0.05) is 103 Å². The summed E-state index contributed by atoms with van der Waals surface area (Å²) < 4.78 is 0. The van der Waals surface area contributed by atoms with Gasteiger partial charge in [0, 0.05) is 44.3 Å². The lowest BCUT2D eigenvalue weighted by atomic mass is 10.0. The average molecular weight is 631 g/mol. The summed E-state index contributed by atoms with van der Waals surface area (Å²) in [7, 11) is 0. The van der Waals surface area contributed by atoms with Crippen molar-refractivity contribution in [3.63, 3.8) is 0 Å². The van der Waals surface area contributed by atoms with Crippen molar-refractivity contribution < 1.29 is 5.11 Å². The summed E-state index contributed by atoms with van der Waals surface area (Å²) in [6, 6.07) is 47.0. The molecule has 0 saturated heterocycles. The smallest absolute Gasteiger partial charge is 0.115 e. The molecule has 3 aromatic heterocycles. The fourth-order valence-electron chi connectivity index (χ4n) is 6.86. The van der Waals surface area contributed by atoms with Gasteiger partial charge in [-0.05, 0) is 83.0 Å². The van der Waals surface area contributed by atoms with E-state index in [1.807, 2.05) is 30.3 Å². The largest absolute Gasteiger partial charge is 0.508 e. The highest BCUT2D eigenvalue weighted by molar-refractivity contribution is 5.99. The molecule has 5 heteroatoms. The van der Waals surface area contributed by atoms with Crippen LogP contribution in [0.1, 0.15) is 22.8 Å². The number of hydrogen-bond donors (Lipinski definition) is 3. The predicted octanol–water partition coefficient (Wildman–Crippen LogP) is 11.0. The number of fused-ring (bicyclic) bond motifs is 8. The summed E-state index contributed by atoms with van der Waals surface area (Å²) in [4.78, 5) is 18.2. The molecule has 0 unspecified atom stereocenters. The van der Waals surface area contributed by atoms with E-state index in [-0.39, 0.29) is 5.75 Å². The van der Waals surface area contributed by atoms with Gasteiger partial charge in [0.1, 0.15) is 5.75 Å². The van der Waals surface area contributed by atoms with E-state index in [0.717, 1.165) is 89.4 Å². The van der Waals surface area contributed by atoms with E-state index in [4.69, 9.17) is 9.97 Å². The highest BCUT2D eigenvalue weighted by Gasteiger charge is 2.18. The molecule has 0 radical (unpaired) electrons. The van der Waals surface area contributed by atoms with E-state index in [9.17, 15) is 5.11 Å². The lowest BCUT2D eigenvalue weighted by molar-refractivity contribution is 0.475. The summed E-state index contributed by atoms with van der Waals surface area (Å²) in [5.74, 6) is 0.215. The monoisotopic (exact) mass is 630 g/mol. The molecule has 0 aliphatic carbocycles. The fourth-order valence-corrected chi connectivity index (χ4v) is 6.86. The predicted molar refractivity (Wildman–Crippen MR) is 202 cm³/mol. The van der Waals surface area contributed by atoms with Crippen LogP contribution in [0.15, 0.2) is 140 Å². The number of phenols is 1. The number of benzene rings is 4. The first kappa shape index (κ1) is 28.5. The van der Waals surface area contributed by atoms with Gasteiger partial charge in [-0.15, -0.1) is 0 Å². The van der Waals surface area contributed by atoms with Crippen molar-refractivity contribution in [1.82, 2.24) is 19.9 Å². The van der Waals surface area contributed by atoms with Crippen LogP contribution >= 0.6 is 0 Å². The molecule has 7 aromatic rings. The molecule has 232 valence electrons. The van der Waals surface area contributed by atoms with Crippen LogP contribution in [0, 0.1) is 0 Å².